The largest absolute Gasteiger partial charge is 0.391 e. The van der Waals surface area contributed by atoms with Crippen molar-refractivity contribution >= 4 is 16.7 Å². The summed E-state index contributed by atoms with van der Waals surface area (Å²) >= 11 is 0. The van der Waals surface area contributed by atoms with Gasteiger partial charge < -0.3 is 14.5 Å². The molecule has 3 aromatic rings. The molecule has 1 saturated heterocycles. The van der Waals surface area contributed by atoms with Crippen molar-refractivity contribution in [1.82, 2.24) is 20.1 Å². The third-order valence-corrected chi connectivity index (χ3v) is 4.22. The Bertz CT molecular complexity index is 863. The second-order valence-electron chi connectivity index (χ2n) is 5.91. The molecule has 7 nitrogen and oxygen atoms in total. The van der Waals surface area contributed by atoms with E-state index in [1.54, 1.807) is 13.3 Å². The quantitative estimate of drug-likeness (QED) is 0.773. The summed E-state index contributed by atoms with van der Waals surface area (Å²) in [5.41, 5.74) is 2.01. The molecule has 0 aliphatic carbocycles. The fourth-order valence-electron chi connectivity index (χ4n) is 3.18. The fourth-order valence-corrected chi connectivity index (χ4v) is 3.18. The van der Waals surface area contributed by atoms with E-state index in [9.17, 15) is 5.11 Å². The van der Waals surface area contributed by atoms with Gasteiger partial charge in [-0.25, -0.2) is 9.97 Å². The van der Waals surface area contributed by atoms with Crippen LogP contribution in [0.4, 0.5) is 5.82 Å². The fraction of sp³-hybridized carbons (Fsp3) is 0.375. The van der Waals surface area contributed by atoms with Gasteiger partial charge in [-0.1, -0.05) is 17.3 Å². The molecule has 0 amide bonds. The van der Waals surface area contributed by atoms with Crippen molar-refractivity contribution < 1.29 is 9.63 Å². The topological polar surface area (TPSA) is 88.2 Å². The van der Waals surface area contributed by atoms with E-state index in [1.165, 1.54) is 0 Å². The lowest BCUT2D eigenvalue weighted by Crippen LogP contribution is -2.25. The molecule has 0 bridgehead atoms. The van der Waals surface area contributed by atoms with Crippen molar-refractivity contribution in [3.63, 3.8) is 0 Å². The second-order valence-corrected chi connectivity index (χ2v) is 5.91. The zero-order valence-electron chi connectivity index (χ0n) is 13.0. The Balaban J connectivity index is 1.84. The maximum atomic E-state index is 10.2. The molecule has 0 saturated carbocycles. The van der Waals surface area contributed by atoms with Gasteiger partial charge in [0.15, 0.2) is 5.82 Å². The molecule has 4 rings (SSSR count). The third-order valence-electron chi connectivity index (χ3n) is 4.22. The summed E-state index contributed by atoms with van der Waals surface area (Å²) in [5.74, 6) is 1.89. The molecule has 118 valence electrons. The number of fused-ring (bicyclic) bond motifs is 1. The van der Waals surface area contributed by atoms with E-state index in [0.29, 0.717) is 24.7 Å². The number of hydrogen-bond donors (Lipinski definition) is 1. The summed E-state index contributed by atoms with van der Waals surface area (Å²) < 4.78 is 5.33. The molecule has 2 aromatic heterocycles. The van der Waals surface area contributed by atoms with Crippen LogP contribution in [0.15, 0.2) is 29.0 Å². The van der Waals surface area contributed by atoms with Gasteiger partial charge >= 0.3 is 0 Å². The Kier molecular flexibility index (Phi) is 3.23. The maximum Gasteiger partial charge on any atom is 0.249 e. The summed E-state index contributed by atoms with van der Waals surface area (Å²) in [5, 5.41) is 15.0. The maximum absolute atomic E-state index is 10.2. The van der Waals surface area contributed by atoms with Gasteiger partial charge in [-0.15, -0.1) is 0 Å². The Morgan fingerprint density at radius 1 is 1.26 bits per heavy atom. The lowest BCUT2D eigenvalue weighted by molar-refractivity contribution is 0.191. The number of aromatic nitrogens is 4. The first kappa shape index (κ1) is 14.1. The molecule has 1 aromatic carbocycles. The van der Waals surface area contributed by atoms with Crippen molar-refractivity contribution in [1.29, 1.82) is 0 Å². The van der Waals surface area contributed by atoms with Crippen LogP contribution in [-0.4, -0.2) is 37.9 Å². The highest BCUT2D eigenvalue weighted by atomic mass is 16.5. The molecule has 0 spiro atoms. The van der Waals surface area contributed by atoms with E-state index < -0.39 is 6.10 Å². The van der Waals surface area contributed by atoms with Crippen LogP contribution >= 0.6 is 0 Å². The molecule has 0 unspecified atom stereocenters. The van der Waals surface area contributed by atoms with Gasteiger partial charge in [0.25, 0.3) is 0 Å². The average Bonchev–Trinajstić information content (AvgIpc) is 3.13. The number of rotatable bonds is 2. The Hall–Kier alpha value is -2.54. The molecule has 1 aliphatic rings. The van der Waals surface area contributed by atoms with E-state index in [0.717, 1.165) is 22.3 Å². The zero-order chi connectivity index (χ0) is 16.0. The molecular weight excluding hydrogens is 294 g/mol. The summed E-state index contributed by atoms with van der Waals surface area (Å²) in [6.45, 7) is 4.29. The van der Waals surface area contributed by atoms with Gasteiger partial charge in [-0.2, -0.15) is 4.98 Å². The summed E-state index contributed by atoms with van der Waals surface area (Å²) in [7, 11) is 0. The minimum Gasteiger partial charge on any atom is -0.391 e. The van der Waals surface area contributed by atoms with Crippen molar-refractivity contribution in [2.24, 2.45) is 0 Å². The highest BCUT2D eigenvalue weighted by Gasteiger charge is 2.37. The standard InChI is InChI=1S/C16H17N5O2/c1-9-4-3-5-12-14(9)17-8-18-15(12)21-7-11(22)6-13(21)16-19-10(2)20-23-16/h3-5,8,11,13,22H,6-7H2,1-2H3/t11-,13-/m1/s1. The van der Waals surface area contributed by atoms with E-state index in [1.807, 2.05) is 30.0 Å². The van der Waals surface area contributed by atoms with Crippen LogP contribution in [-0.2, 0) is 0 Å². The van der Waals surface area contributed by atoms with Crippen LogP contribution in [0.25, 0.3) is 10.9 Å². The molecule has 23 heavy (non-hydrogen) atoms. The SMILES string of the molecule is Cc1noc([C@H]2C[C@@H](O)CN2c2ncnc3c(C)cccc23)n1. The molecule has 1 fully saturated rings. The van der Waals surface area contributed by atoms with E-state index in [-0.39, 0.29) is 6.04 Å². The molecule has 1 N–H and O–H groups in total. The van der Waals surface area contributed by atoms with Crippen molar-refractivity contribution in [3.8, 4) is 0 Å². The number of para-hydroxylation sites is 1. The van der Waals surface area contributed by atoms with Gasteiger partial charge in [0.2, 0.25) is 5.89 Å². The van der Waals surface area contributed by atoms with Crippen molar-refractivity contribution in [3.05, 3.63) is 41.8 Å². The zero-order valence-corrected chi connectivity index (χ0v) is 13.0. The second kappa shape index (κ2) is 5.27. The van der Waals surface area contributed by atoms with Gasteiger partial charge in [0.1, 0.15) is 18.2 Å². The summed E-state index contributed by atoms with van der Waals surface area (Å²) in [6, 6.07) is 5.84. The smallest absolute Gasteiger partial charge is 0.249 e. The molecule has 1 aliphatic heterocycles. The lowest BCUT2D eigenvalue weighted by atomic mass is 10.1. The number of aliphatic hydroxyl groups excluding tert-OH is 1. The average molecular weight is 311 g/mol. The first-order valence-corrected chi connectivity index (χ1v) is 7.58. The minimum atomic E-state index is -0.456. The lowest BCUT2D eigenvalue weighted by Gasteiger charge is -2.23. The number of hydrogen-bond acceptors (Lipinski definition) is 7. The molecule has 3 heterocycles. The Morgan fingerprint density at radius 3 is 2.91 bits per heavy atom. The van der Waals surface area contributed by atoms with Gasteiger partial charge in [0.05, 0.1) is 11.6 Å². The number of β-amino-alcohol motifs (C(OH)–C–C–N with tert-alkyl or cyclic N) is 1. The molecule has 2 atom stereocenters. The predicted molar refractivity (Wildman–Crippen MR) is 84.0 cm³/mol. The highest BCUT2D eigenvalue weighted by molar-refractivity contribution is 5.91. The van der Waals surface area contributed by atoms with Crippen LogP contribution in [0.5, 0.6) is 0 Å². The van der Waals surface area contributed by atoms with Crippen LogP contribution in [0, 0.1) is 13.8 Å². The molecule has 7 heteroatoms. The number of nitrogens with zero attached hydrogens (tertiary/aromatic N) is 5. The van der Waals surface area contributed by atoms with E-state index in [4.69, 9.17) is 4.52 Å². The Labute approximate surface area is 133 Å². The number of benzene rings is 1. The third kappa shape index (κ3) is 2.33. The molecular formula is C16H17N5O2. The van der Waals surface area contributed by atoms with Crippen molar-refractivity contribution in [2.45, 2.75) is 32.4 Å². The van der Waals surface area contributed by atoms with Crippen LogP contribution in [0.1, 0.15) is 29.7 Å². The van der Waals surface area contributed by atoms with Crippen LogP contribution in [0.2, 0.25) is 0 Å². The van der Waals surface area contributed by atoms with Gasteiger partial charge in [-0.3, -0.25) is 0 Å². The van der Waals surface area contributed by atoms with Crippen molar-refractivity contribution in [2.75, 3.05) is 11.4 Å². The van der Waals surface area contributed by atoms with Crippen LogP contribution in [0.3, 0.4) is 0 Å². The Morgan fingerprint density at radius 2 is 2.13 bits per heavy atom. The van der Waals surface area contributed by atoms with Crippen LogP contribution < -0.4 is 4.90 Å². The summed E-state index contributed by atoms with van der Waals surface area (Å²) in [6.07, 6.45) is 1.65. The monoisotopic (exact) mass is 311 g/mol. The van der Waals surface area contributed by atoms with E-state index in [2.05, 4.69) is 20.1 Å². The predicted octanol–water partition coefficient (Wildman–Crippen LogP) is 1.94. The van der Waals surface area contributed by atoms with Gasteiger partial charge in [-0.05, 0) is 25.5 Å². The number of aliphatic hydroxyl groups is 1. The normalized spacial score (nSPS) is 21.3. The minimum absolute atomic E-state index is 0.176. The molecule has 0 radical (unpaired) electrons. The summed E-state index contributed by atoms with van der Waals surface area (Å²) in [4.78, 5) is 15.2. The van der Waals surface area contributed by atoms with Gasteiger partial charge in [0, 0.05) is 18.4 Å². The van der Waals surface area contributed by atoms with E-state index >= 15 is 0 Å². The number of anilines is 1. The first-order valence-electron chi connectivity index (χ1n) is 7.58. The first-order chi connectivity index (χ1) is 11.1. The number of aryl methyl sites for hydroxylation is 2. The highest BCUT2D eigenvalue weighted by Crippen LogP contribution is 2.37.